The van der Waals surface area contributed by atoms with Crippen LogP contribution >= 0.6 is 11.3 Å². The minimum Gasteiger partial charge on any atom is -0.550 e. The minimum atomic E-state index is -1.15. The second-order valence-electron chi connectivity index (χ2n) is 3.51. The molecule has 0 aliphatic heterocycles. The lowest BCUT2D eigenvalue weighted by Gasteiger charge is -1.96. The summed E-state index contributed by atoms with van der Waals surface area (Å²) in [7, 11) is 1.78. The molecule has 1 heterocycles. The fourth-order valence-corrected chi connectivity index (χ4v) is 2.08. The summed E-state index contributed by atoms with van der Waals surface area (Å²) in [4.78, 5) is 26.4. The van der Waals surface area contributed by atoms with E-state index in [9.17, 15) is 14.7 Å². The highest BCUT2D eigenvalue weighted by Gasteiger charge is 2.43. The van der Waals surface area contributed by atoms with Crippen molar-refractivity contribution in [2.24, 2.45) is 23.9 Å². The lowest BCUT2D eigenvalue weighted by Crippen LogP contribution is -2.26. The van der Waals surface area contributed by atoms with Crippen LogP contribution in [0.25, 0.3) is 0 Å². The first-order chi connectivity index (χ1) is 7.09. The summed E-state index contributed by atoms with van der Waals surface area (Å²) in [6, 6.07) is 0. The van der Waals surface area contributed by atoms with Gasteiger partial charge in [-0.1, -0.05) is 0 Å². The Hall–Kier alpha value is -1.43. The SMILES string of the molecule is Cn1ccsc1=NC(=O)[C@H]1C[C@H]1C(=O)[O-]. The second-order valence-corrected chi connectivity index (χ2v) is 4.39. The van der Waals surface area contributed by atoms with Crippen LogP contribution in [0.2, 0.25) is 0 Å². The van der Waals surface area contributed by atoms with Crippen LogP contribution in [0.1, 0.15) is 6.42 Å². The molecule has 2 atom stereocenters. The number of hydrogen-bond donors (Lipinski definition) is 0. The first kappa shape index (κ1) is 10.1. The van der Waals surface area contributed by atoms with Gasteiger partial charge in [0.25, 0.3) is 5.91 Å². The number of thiazole rings is 1. The minimum absolute atomic E-state index is 0.359. The van der Waals surface area contributed by atoms with Crippen molar-refractivity contribution in [1.82, 2.24) is 4.57 Å². The van der Waals surface area contributed by atoms with Gasteiger partial charge in [0.2, 0.25) is 0 Å². The van der Waals surface area contributed by atoms with Crippen molar-refractivity contribution in [1.29, 1.82) is 0 Å². The summed E-state index contributed by atoms with van der Waals surface area (Å²) in [5.41, 5.74) is 0. The standard InChI is InChI=1S/C9H10N2O3S/c1-11-2-3-15-9(11)10-7(12)5-4-6(5)8(13)14/h2-3,5-6H,4H2,1H3,(H,13,14)/p-1/t5-,6+/m0/s1. The summed E-state index contributed by atoms with van der Waals surface area (Å²) >= 11 is 1.35. The molecule has 1 aromatic heterocycles. The van der Waals surface area contributed by atoms with E-state index in [0.29, 0.717) is 11.2 Å². The average molecular weight is 225 g/mol. The molecular weight excluding hydrogens is 216 g/mol. The molecule has 0 aromatic carbocycles. The monoisotopic (exact) mass is 225 g/mol. The van der Waals surface area contributed by atoms with E-state index in [1.165, 1.54) is 11.3 Å². The maximum Gasteiger partial charge on any atom is 0.252 e. The van der Waals surface area contributed by atoms with Gasteiger partial charge in [-0.15, -0.1) is 11.3 Å². The van der Waals surface area contributed by atoms with Gasteiger partial charge < -0.3 is 14.5 Å². The normalized spacial score (nSPS) is 25.3. The van der Waals surface area contributed by atoms with E-state index in [2.05, 4.69) is 4.99 Å². The van der Waals surface area contributed by atoms with Gasteiger partial charge in [-0.05, 0) is 6.42 Å². The van der Waals surface area contributed by atoms with E-state index >= 15 is 0 Å². The molecule has 1 amide bonds. The first-order valence-corrected chi connectivity index (χ1v) is 5.37. The van der Waals surface area contributed by atoms with E-state index in [0.717, 1.165) is 0 Å². The largest absolute Gasteiger partial charge is 0.550 e. The lowest BCUT2D eigenvalue weighted by molar-refractivity contribution is -0.308. The predicted molar refractivity (Wildman–Crippen MR) is 50.5 cm³/mol. The predicted octanol–water partition coefficient (Wildman–Crippen LogP) is -1.10. The molecule has 0 spiro atoms. The molecule has 1 aliphatic rings. The third kappa shape index (κ3) is 1.99. The Morgan fingerprint density at radius 2 is 2.33 bits per heavy atom. The summed E-state index contributed by atoms with van der Waals surface area (Å²) < 4.78 is 1.72. The Bertz CT molecular complexity index is 474. The van der Waals surface area contributed by atoms with Crippen molar-refractivity contribution in [3.05, 3.63) is 16.4 Å². The van der Waals surface area contributed by atoms with Crippen LogP contribution in [-0.2, 0) is 16.6 Å². The summed E-state index contributed by atoms with van der Waals surface area (Å²) in [6.07, 6.45) is 2.15. The molecular formula is C9H9N2O3S-. The number of carboxylic acids is 1. The number of hydrogen-bond acceptors (Lipinski definition) is 4. The van der Waals surface area contributed by atoms with E-state index in [1.807, 2.05) is 5.38 Å². The molecule has 15 heavy (non-hydrogen) atoms. The smallest absolute Gasteiger partial charge is 0.252 e. The fraction of sp³-hybridized carbons (Fsp3) is 0.444. The molecule has 6 heteroatoms. The number of aliphatic carboxylic acids is 1. The molecule has 0 N–H and O–H groups in total. The van der Waals surface area contributed by atoms with Crippen molar-refractivity contribution in [3.63, 3.8) is 0 Å². The van der Waals surface area contributed by atoms with Gasteiger partial charge in [-0.2, -0.15) is 4.99 Å². The Labute approximate surface area is 89.7 Å². The highest BCUT2D eigenvalue weighted by Crippen LogP contribution is 2.38. The van der Waals surface area contributed by atoms with E-state index in [-0.39, 0.29) is 5.91 Å². The number of nitrogens with zero attached hydrogens (tertiary/aromatic N) is 2. The fourth-order valence-electron chi connectivity index (χ4n) is 1.34. The summed E-state index contributed by atoms with van der Waals surface area (Å²) in [5.74, 6) is -2.62. The van der Waals surface area contributed by atoms with Gasteiger partial charge in [0.05, 0.1) is 0 Å². The molecule has 5 nitrogen and oxygen atoms in total. The zero-order chi connectivity index (χ0) is 11.0. The number of carbonyl (C=O) groups is 2. The van der Waals surface area contributed by atoms with Crippen molar-refractivity contribution in [2.45, 2.75) is 6.42 Å². The van der Waals surface area contributed by atoms with E-state index in [1.54, 1.807) is 17.8 Å². The van der Waals surface area contributed by atoms with Crippen LogP contribution in [0, 0.1) is 11.8 Å². The van der Waals surface area contributed by atoms with Gasteiger partial charge in [-0.3, -0.25) is 4.79 Å². The zero-order valence-electron chi connectivity index (χ0n) is 8.04. The highest BCUT2D eigenvalue weighted by molar-refractivity contribution is 7.07. The average Bonchev–Trinajstić information content (AvgIpc) is 2.88. The maximum absolute atomic E-state index is 11.5. The molecule has 0 unspecified atom stereocenters. The lowest BCUT2D eigenvalue weighted by atomic mass is 10.3. The molecule has 80 valence electrons. The number of aryl methyl sites for hydroxylation is 1. The van der Waals surface area contributed by atoms with Gasteiger partial charge in [0.1, 0.15) is 0 Å². The third-order valence-electron chi connectivity index (χ3n) is 2.38. The molecule has 0 saturated heterocycles. The number of aromatic nitrogens is 1. The molecule has 0 radical (unpaired) electrons. The van der Waals surface area contributed by atoms with Crippen molar-refractivity contribution in [2.75, 3.05) is 0 Å². The molecule has 2 rings (SSSR count). The highest BCUT2D eigenvalue weighted by atomic mass is 32.1. The van der Waals surface area contributed by atoms with Crippen LogP contribution < -0.4 is 9.91 Å². The van der Waals surface area contributed by atoms with E-state index in [4.69, 9.17) is 0 Å². The van der Waals surface area contributed by atoms with Crippen LogP contribution in [0.3, 0.4) is 0 Å². The van der Waals surface area contributed by atoms with Crippen LogP contribution in [0.5, 0.6) is 0 Å². The van der Waals surface area contributed by atoms with Crippen LogP contribution in [0.4, 0.5) is 0 Å². The van der Waals surface area contributed by atoms with Gasteiger partial charge >= 0.3 is 0 Å². The second kappa shape index (κ2) is 3.62. The number of rotatable bonds is 2. The number of carboxylic acid groups (broad SMARTS) is 1. The summed E-state index contributed by atoms with van der Waals surface area (Å²) in [5, 5.41) is 12.3. The summed E-state index contributed by atoms with van der Waals surface area (Å²) in [6.45, 7) is 0. The molecule has 1 fully saturated rings. The molecule has 1 aliphatic carbocycles. The van der Waals surface area contributed by atoms with Crippen molar-refractivity contribution < 1.29 is 14.7 Å². The third-order valence-corrected chi connectivity index (χ3v) is 3.22. The Kier molecular flexibility index (Phi) is 2.44. The number of amides is 1. The number of carbonyl (C=O) groups excluding carboxylic acids is 2. The Morgan fingerprint density at radius 1 is 1.60 bits per heavy atom. The quantitative estimate of drug-likeness (QED) is 0.641. The van der Waals surface area contributed by atoms with Crippen LogP contribution in [0.15, 0.2) is 16.6 Å². The zero-order valence-corrected chi connectivity index (χ0v) is 8.86. The van der Waals surface area contributed by atoms with Crippen LogP contribution in [-0.4, -0.2) is 16.4 Å². The molecule has 1 saturated carbocycles. The first-order valence-electron chi connectivity index (χ1n) is 4.49. The van der Waals surface area contributed by atoms with Gasteiger partial charge in [-0.25, -0.2) is 0 Å². The Morgan fingerprint density at radius 3 is 2.80 bits per heavy atom. The Balaban J connectivity index is 2.13. The molecule has 0 bridgehead atoms. The van der Waals surface area contributed by atoms with E-state index < -0.39 is 17.8 Å². The van der Waals surface area contributed by atoms with Gasteiger partial charge in [0, 0.05) is 36.4 Å². The van der Waals surface area contributed by atoms with Crippen molar-refractivity contribution in [3.8, 4) is 0 Å². The topological polar surface area (TPSA) is 74.5 Å². The van der Waals surface area contributed by atoms with Crippen molar-refractivity contribution >= 4 is 23.2 Å². The maximum atomic E-state index is 11.5. The molecule has 1 aromatic rings. The van der Waals surface area contributed by atoms with Gasteiger partial charge in [0.15, 0.2) is 4.80 Å².